The molecule has 0 N–H and O–H groups in total. The lowest BCUT2D eigenvalue weighted by molar-refractivity contribution is 1.21. The molecule has 1 aliphatic carbocycles. The quantitative estimate of drug-likeness (QED) is 0.573. The molecule has 1 heteroatoms. The van der Waals surface area contributed by atoms with E-state index in [2.05, 4.69) is 43.8 Å². The van der Waals surface area contributed by atoms with Gasteiger partial charge in [0, 0.05) is 9.52 Å². The van der Waals surface area contributed by atoms with Crippen molar-refractivity contribution in [3.8, 4) is 0 Å². The second kappa shape index (κ2) is 2.90. The number of hydrogen-bond donors (Lipinski definition) is 0. The first-order valence-corrected chi connectivity index (χ1v) is 6.83. The van der Waals surface area contributed by atoms with Gasteiger partial charge in [0.15, 0.2) is 0 Å². The molecule has 2 rings (SSSR count). The van der Waals surface area contributed by atoms with Crippen molar-refractivity contribution < 1.29 is 0 Å². The molecule has 0 aliphatic heterocycles. The molecular weight excluding hydrogens is 160 g/mol. The van der Waals surface area contributed by atoms with Gasteiger partial charge in [0.25, 0.3) is 0 Å². The van der Waals surface area contributed by atoms with Crippen molar-refractivity contribution >= 4 is 15.6 Å². The maximum absolute atomic E-state index is 2.38. The minimum Gasteiger partial charge on any atom is -0.0798 e. The van der Waals surface area contributed by atoms with Gasteiger partial charge in [0.05, 0.1) is 0 Å². The van der Waals surface area contributed by atoms with Crippen LogP contribution in [0.3, 0.4) is 0 Å². The van der Waals surface area contributed by atoms with E-state index in [1.54, 1.807) is 5.56 Å². The van der Waals surface area contributed by atoms with Crippen LogP contribution in [-0.4, -0.2) is 9.52 Å². The van der Waals surface area contributed by atoms with Gasteiger partial charge in [-0.3, -0.25) is 0 Å². The zero-order chi connectivity index (χ0) is 8.55. The Morgan fingerprint density at radius 3 is 2.92 bits per heavy atom. The standard InChI is InChI=1S/C11H14Si/c1-8-3-4-9-5-6-11(12-2)10(9)7-8/h3-7,11H,12H2,1-2H3. The van der Waals surface area contributed by atoms with Crippen molar-refractivity contribution in [3.63, 3.8) is 0 Å². The molecule has 1 aromatic carbocycles. The molecule has 12 heavy (non-hydrogen) atoms. The lowest BCUT2D eigenvalue weighted by Gasteiger charge is -2.07. The Kier molecular flexibility index (Phi) is 1.89. The molecule has 62 valence electrons. The Morgan fingerprint density at radius 2 is 2.17 bits per heavy atom. The fraction of sp³-hybridized carbons (Fsp3) is 0.273. The molecule has 0 saturated carbocycles. The molecule has 0 spiro atoms. The molecule has 0 nitrogen and oxygen atoms in total. The Labute approximate surface area is 76.1 Å². The lowest BCUT2D eigenvalue weighted by atomic mass is 10.1. The van der Waals surface area contributed by atoms with Crippen LogP contribution in [0.5, 0.6) is 0 Å². The van der Waals surface area contributed by atoms with Gasteiger partial charge in [-0.1, -0.05) is 42.5 Å². The first kappa shape index (κ1) is 7.81. The van der Waals surface area contributed by atoms with Gasteiger partial charge in [-0.05, 0) is 23.6 Å². The summed E-state index contributed by atoms with van der Waals surface area (Å²) in [7, 11) is 0.0790. The third kappa shape index (κ3) is 1.14. The van der Waals surface area contributed by atoms with Gasteiger partial charge in [0.2, 0.25) is 0 Å². The number of fused-ring (bicyclic) bond motifs is 1. The number of aryl methyl sites for hydroxylation is 1. The highest BCUT2D eigenvalue weighted by Gasteiger charge is 2.14. The number of benzene rings is 1. The molecule has 0 saturated heterocycles. The van der Waals surface area contributed by atoms with Crippen LogP contribution >= 0.6 is 0 Å². The van der Waals surface area contributed by atoms with Crippen LogP contribution in [0.15, 0.2) is 24.3 Å². The highest BCUT2D eigenvalue weighted by atomic mass is 28.2. The highest BCUT2D eigenvalue weighted by molar-refractivity contribution is 6.37. The van der Waals surface area contributed by atoms with Gasteiger partial charge in [-0.15, -0.1) is 0 Å². The summed E-state index contributed by atoms with van der Waals surface area (Å²) in [4.78, 5) is 0. The number of allylic oxidation sites excluding steroid dienone is 1. The van der Waals surface area contributed by atoms with E-state index in [-0.39, 0.29) is 9.52 Å². The first-order chi connectivity index (χ1) is 5.81. The third-order valence-electron chi connectivity index (χ3n) is 2.59. The molecule has 0 bridgehead atoms. The maximum atomic E-state index is 2.38. The minimum absolute atomic E-state index is 0.0790. The zero-order valence-electron chi connectivity index (χ0n) is 7.67. The molecule has 0 radical (unpaired) electrons. The summed E-state index contributed by atoms with van der Waals surface area (Å²) in [5, 5.41) is 0. The molecule has 0 heterocycles. The smallest absolute Gasteiger partial charge is 0.0304 e. The van der Waals surface area contributed by atoms with Crippen molar-refractivity contribution in [2.45, 2.75) is 19.0 Å². The molecule has 1 aromatic rings. The average molecular weight is 174 g/mol. The third-order valence-corrected chi connectivity index (χ3v) is 4.18. The van der Waals surface area contributed by atoms with Gasteiger partial charge < -0.3 is 0 Å². The fourth-order valence-corrected chi connectivity index (χ4v) is 3.05. The van der Waals surface area contributed by atoms with Crippen LogP contribution in [0.2, 0.25) is 6.55 Å². The van der Waals surface area contributed by atoms with Crippen molar-refractivity contribution in [3.05, 3.63) is 41.0 Å². The molecule has 1 unspecified atom stereocenters. The van der Waals surface area contributed by atoms with E-state index < -0.39 is 0 Å². The molecule has 0 fully saturated rings. The summed E-state index contributed by atoms with van der Waals surface area (Å²) in [6, 6.07) is 6.78. The molecule has 0 amide bonds. The van der Waals surface area contributed by atoms with Crippen LogP contribution in [-0.2, 0) is 0 Å². The van der Waals surface area contributed by atoms with E-state index in [4.69, 9.17) is 0 Å². The Balaban J connectivity index is 2.48. The van der Waals surface area contributed by atoms with E-state index in [0.29, 0.717) is 0 Å². The lowest BCUT2D eigenvalue weighted by Crippen LogP contribution is -1.99. The molecule has 1 atom stereocenters. The first-order valence-electron chi connectivity index (χ1n) is 4.60. The normalized spacial score (nSPS) is 20.7. The van der Waals surface area contributed by atoms with Crippen LogP contribution in [0, 0.1) is 6.92 Å². The van der Waals surface area contributed by atoms with Gasteiger partial charge in [-0.2, -0.15) is 0 Å². The predicted octanol–water partition coefficient (Wildman–Crippen LogP) is 2.28. The largest absolute Gasteiger partial charge is 0.0798 e. The molecule has 0 aromatic heterocycles. The Hall–Kier alpha value is -0.823. The van der Waals surface area contributed by atoms with E-state index in [1.165, 1.54) is 11.1 Å². The number of rotatable bonds is 1. The molecule has 1 aliphatic rings. The SMILES string of the molecule is C[SiH2]C1C=Cc2ccc(C)cc21. The summed E-state index contributed by atoms with van der Waals surface area (Å²) in [5.41, 5.74) is 5.22. The highest BCUT2D eigenvalue weighted by Crippen LogP contribution is 2.29. The van der Waals surface area contributed by atoms with E-state index in [9.17, 15) is 0 Å². The second-order valence-corrected chi connectivity index (χ2v) is 5.20. The summed E-state index contributed by atoms with van der Waals surface area (Å²) in [5.74, 6) is 0. The monoisotopic (exact) mass is 174 g/mol. The van der Waals surface area contributed by atoms with Crippen molar-refractivity contribution in [1.29, 1.82) is 0 Å². The van der Waals surface area contributed by atoms with E-state index in [1.807, 2.05) is 0 Å². The summed E-state index contributed by atoms with van der Waals surface area (Å²) in [6.07, 6.45) is 4.65. The van der Waals surface area contributed by atoms with E-state index >= 15 is 0 Å². The number of hydrogen-bond acceptors (Lipinski definition) is 0. The fourth-order valence-electron chi connectivity index (χ4n) is 1.85. The van der Waals surface area contributed by atoms with Crippen LogP contribution in [0.4, 0.5) is 0 Å². The average Bonchev–Trinajstić information content (AvgIpc) is 2.46. The van der Waals surface area contributed by atoms with Gasteiger partial charge in [0.1, 0.15) is 0 Å². The van der Waals surface area contributed by atoms with Crippen LogP contribution in [0.1, 0.15) is 22.2 Å². The predicted molar refractivity (Wildman–Crippen MR) is 57.4 cm³/mol. The molecular formula is C11H14Si. The van der Waals surface area contributed by atoms with Crippen LogP contribution < -0.4 is 0 Å². The summed E-state index contributed by atoms with van der Waals surface area (Å²) >= 11 is 0. The minimum atomic E-state index is 0.0790. The Bertz CT molecular complexity index is 326. The van der Waals surface area contributed by atoms with Crippen molar-refractivity contribution in [1.82, 2.24) is 0 Å². The van der Waals surface area contributed by atoms with E-state index in [0.717, 1.165) is 5.54 Å². The topological polar surface area (TPSA) is 0 Å². The van der Waals surface area contributed by atoms with Crippen LogP contribution in [0.25, 0.3) is 6.08 Å². The van der Waals surface area contributed by atoms with Gasteiger partial charge >= 0.3 is 0 Å². The van der Waals surface area contributed by atoms with Crippen molar-refractivity contribution in [2.75, 3.05) is 0 Å². The maximum Gasteiger partial charge on any atom is 0.0304 e. The summed E-state index contributed by atoms with van der Waals surface area (Å²) in [6.45, 7) is 4.55. The Morgan fingerprint density at radius 1 is 1.33 bits per heavy atom. The second-order valence-electron chi connectivity index (χ2n) is 3.51. The van der Waals surface area contributed by atoms with Crippen molar-refractivity contribution in [2.24, 2.45) is 0 Å². The van der Waals surface area contributed by atoms with Gasteiger partial charge in [-0.25, -0.2) is 0 Å². The zero-order valence-corrected chi connectivity index (χ0v) is 9.09. The summed E-state index contributed by atoms with van der Waals surface area (Å²) < 4.78 is 0.